The Morgan fingerprint density at radius 3 is 2.71 bits per heavy atom. The average molecular weight is 463 g/mol. The van der Waals surface area contributed by atoms with E-state index in [2.05, 4.69) is 41.9 Å². The van der Waals surface area contributed by atoms with E-state index < -0.39 is 0 Å². The van der Waals surface area contributed by atoms with Crippen molar-refractivity contribution < 1.29 is 14.0 Å². The molecule has 2 aliphatic rings. The molecule has 0 unspecified atom stereocenters. The molecule has 6 nitrogen and oxygen atoms in total. The third-order valence-electron chi connectivity index (χ3n) is 7.45. The van der Waals surface area contributed by atoms with Gasteiger partial charge in [0.2, 0.25) is 11.8 Å². The largest absolute Gasteiger partial charge is 0.368 e. The number of likely N-dealkylation sites (tertiary alicyclic amines) is 1. The number of anilines is 1. The third kappa shape index (κ3) is 4.27. The fourth-order valence-corrected chi connectivity index (χ4v) is 5.27. The number of rotatable bonds is 5. The van der Waals surface area contributed by atoms with Crippen molar-refractivity contribution in [1.29, 1.82) is 0 Å². The van der Waals surface area contributed by atoms with Gasteiger partial charge in [-0.15, -0.1) is 0 Å². The second-order valence-electron chi connectivity index (χ2n) is 9.53. The van der Waals surface area contributed by atoms with Gasteiger partial charge in [0, 0.05) is 68.5 Å². The third-order valence-corrected chi connectivity index (χ3v) is 7.45. The molecule has 0 radical (unpaired) electrons. The quantitative estimate of drug-likeness (QED) is 0.630. The number of aromatic amines is 1. The molecule has 0 saturated carbocycles. The number of carbonyl (C=O) groups excluding carboxylic acids is 2. The van der Waals surface area contributed by atoms with Gasteiger partial charge < -0.3 is 19.7 Å². The van der Waals surface area contributed by atoms with Crippen LogP contribution in [0, 0.1) is 25.6 Å². The maximum Gasteiger partial charge on any atom is 0.228 e. The summed E-state index contributed by atoms with van der Waals surface area (Å²) in [6.45, 7) is 8.23. The number of aromatic nitrogens is 1. The van der Waals surface area contributed by atoms with E-state index in [1.165, 1.54) is 28.9 Å². The summed E-state index contributed by atoms with van der Waals surface area (Å²) in [5.74, 6) is -0.432. The zero-order valence-corrected chi connectivity index (χ0v) is 19.8. The molecule has 0 spiro atoms. The Bertz CT molecular complexity index is 1230. The Balaban J connectivity index is 1.16. The predicted octanol–water partition coefficient (Wildman–Crippen LogP) is 3.66. The normalized spacial score (nSPS) is 18.9. The Morgan fingerprint density at radius 1 is 1.12 bits per heavy atom. The number of carbonyl (C=O) groups is 2. The van der Waals surface area contributed by atoms with Crippen LogP contribution in [0.25, 0.3) is 10.9 Å². The number of aryl methyl sites for hydroxylation is 1. The summed E-state index contributed by atoms with van der Waals surface area (Å²) in [7, 11) is 0. The molecule has 2 aliphatic heterocycles. The van der Waals surface area contributed by atoms with Gasteiger partial charge in [-0.25, -0.2) is 4.39 Å². The lowest BCUT2D eigenvalue weighted by atomic mass is 10.1. The predicted molar refractivity (Wildman–Crippen MR) is 131 cm³/mol. The van der Waals surface area contributed by atoms with E-state index in [0.717, 1.165) is 29.6 Å². The van der Waals surface area contributed by atoms with Crippen LogP contribution in [0.4, 0.5) is 10.1 Å². The summed E-state index contributed by atoms with van der Waals surface area (Å²) in [5, 5.41) is 0.848. The molecule has 178 valence electrons. The standard InChI is InChI=1S/C27H31FN4O2/c1-18-4-3-5-25(19(18)2)30-10-12-31(13-11-30)27(34)21-14-26(33)32(17-21)9-8-20-16-29-24-7-6-22(28)15-23(20)24/h3-7,15-16,21,29H,8-14,17H2,1-2H3/t21-/m1/s1. The molecule has 1 aromatic heterocycles. The van der Waals surface area contributed by atoms with Crippen molar-refractivity contribution in [3.8, 4) is 0 Å². The summed E-state index contributed by atoms with van der Waals surface area (Å²) >= 11 is 0. The highest BCUT2D eigenvalue weighted by atomic mass is 19.1. The highest BCUT2D eigenvalue weighted by Gasteiger charge is 2.37. The minimum atomic E-state index is -0.278. The van der Waals surface area contributed by atoms with Crippen LogP contribution in [0.1, 0.15) is 23.1 Å². The smallest absolute Gasteiger partial charge is 0.228 e. The van der Waals surface area contributed by atoms with E-state index in [1.54, 1.807) is 11.0 Å². The van der Waals surface area contributed by atoms with Gasteiger partial charge in [0.05, 0.1) is 5.92 Å². The molecule has 2 saturated heterocycles. The van der Waals surface area contributed by atoms with Crippen molar-refractivity contribution in [1.82, 2.24) is 14.8 Å². The number of hydrogen-bond acceptors (Lipinski definition) is 3. The molecule has 1 N–H and O–H groups in total. The maximum absolute atomic E-state index is 13.6. The second kappa shape index (κ2) is 9.12. The highest BCUT2D eigenvalue weighted by Crippen LogP contribution is 2.26. The first-order valence-electron chi connectivity index (χ1n) is 12.0. The monoisotopic (exact) mass is 462 g/mol. The van der Waals surface area contributed by atoms with Crippen molar-refractivity contribution in [2.24, 2.45) is 5.92 Å². The number of amides is 2. The molecule has 0 bridgehead atoms. The van der Waals surface area contributed by atoms with Gasteiger partial charge in [0.25, 0.3) is 0 Å². The SMILES string of the molecule is Cc1cccc(N2CCN(C(=O)[C@@H]3CC(=O)N(CCc4c[nH]c5ccc(F)cc45)C3)CC2)c1C. The summed E-state index contributed by atoms with van der Waals surface area (Å²) in [5.41, 5.74) is 5.68. The summed E-state index contributed by atoms with van der Waals surface area (Å²) in [4.78, 5) is 35.0. The van der Waals surface area contributed by atoms with Crippen molar-refractivity contribution in [2.45, 2.75) is 26.7 Å². The number of fused-ring (bicyclic) bond motifs is 1. The molecule has 7 heteroatoms. The molecule has 5 rings (SSSR count). The summed E-state index contributed by atoms with van der Waals surface area (Å²) in [6, 6.07) is 11.0. The fourth-order valence-electron chi connectivity index (χ4n) is 5.27. The van der Waals surface area contributed by atoms with Crippen molar-refractivity contribution >= 4 is 28.4 Å². The number of nitrogens with zero attached hydrogens (tertiary/aromatic N) is 3. The van der Waals surface area contributed by atoms with E-state index in [4.69, 9.17) is 0 Å². The van der Waals surface area contributed by atoms with Gasteiger partial charge in [-0.1, -0.05) is 12.1 Å². The molecule has 1 atom stereocenters. The van der Waals surface area contributed by atoms with Crippen LogP contribution in [-0.2, 0) is 16.0 Å². The second-order valence-corrected chi connectivity index (χ2v) is 9.53. The van der Waals surface area contributed by atoms with Crippen LogP contribution in [0.2, 0.25) is 0 Å². The average Bonchev–Trinajstić information content (AvgIpc) is 3.41. The number of hydrogen-bond donors (Lipinski definition) is 1. The number of piperazine rings is 1. The minimum Gasteiger partial charge on any atom is -0.368 e. The van der Waals surface area contributed by atoms with Gasteiger partial charge in [0.1, 0.15) is 5.82 Å². The molecule has 2 amide bonds. The lowest BCUT2D eigenvalue weighted by molar-refractivity contribution is -0.136. The molecule has 3 heterocycles. The number of H-pyrrole nitrogens is 1. The minimum absolute atomic E-state index is 0.0263. The summed E-state index contributed by atoms with van der Waals surface area (Å²) in [6.07, 6.45) is 2.78. The van der Waals surface area contributed by atoms with Crippen LogP contribution < -0.4 is 4.90 Å². The Hall–Kier alpha value is -3.35. The highest BCUT2D eigenvalue weighted by molar-refractivity contribution is 5.89. The fraction of sp³-hybridized carbons (Fsp3) is 0.407. The first-order chi connectivity index (χ1) is 16.4. The summed E-state index contributed by atoms with van der Waals surface area (Å²) < 4.78 is 13.6. The van der Waals surface area contributed by atoms with E-state index in [-0.39, 0.29) is 30.0 Å². The zero-order valence-electron chi connectivity index (χ0n) is 19.8. The number of nitrogens with one attached hydrogen (secondary N) is 1. The lowest BCUT2D eigenvalue weighted by Crippen LogP contribution is -2.51. The van der Waals surface area contributed by atoms with Crippen molar-refractivity contribution in [3.05, 3.63) is 65.1 Å². The Kier molecular flexibility index (Phi) is 6.02. The molecule has 34 heavy (non-hydrogen) atoms. The molecule has 2 aromatic carbocycles. The van der Waals surface area contributed by atoms with Crippen molar-refractivity contribution in [3.63, 3.8) is 0 Å². The lowest BCUT2D eigenvalue weighted by Gasteiger charge is -2.38. The molecule has 2 fully saturated rings. The first-order valence-corrected chi connectivity index (χ1v) is 12.0. The van der Waals surface area contributed by atoms with E-state index in [9.17, 15) is 14.0 Å². The Morgan fingerprint density at radius 2 is 1.91 bits per heavy atom. The van der Waals surface area contributed by atoms with Crippen molar-refractivity contribution in [2.75, 3.05) is 44.2 Å². The van der Waals surface area contributed by atoms with Gasteiger partial charge >= 0.3 is 0 Å². The van der Waals surface area contributed by atoms with Gasteiger partial charge in [0.15, 0.2) is 0 Å². The Labute approximate surface area is 199 Å². The number of benzene rings is 2. The van der Waals surface area contributed by atoms with E-state index >= 15 is 0 Å². The maximum atomic E-state index is 13.6. The zero-order chi connectivity index (χ0) is 23.8. The van der Waals surface area contributed by atoms with Crippen LogP contribution in [0.15, 0.2) is 42.6 Å². The van der Waals surface area contributed by atoms with Crippen LogP contribution in [0.5, 0.6) is 0 Å². The van der Waals surface area contributed by atoms with Gasteiger partial charge in [-0.2, -0.15) is 0 Å². The van der Waals surface area contributed by atoms with E-state index in [1.807, 2.05) is 11.1 Å². The molecule has 3 aromatic rings. The van der Waals surface area contributed by atoms with Crippen LogP contribution >= 0.6 is 0 Å². The molecular formula is C27H31FN4O2. The van der Waals surface area contributed by atoms with Gasteiger partial charge in [-0.05, 0) is 61.2 Å². The van der Waals surface area contributed by atoms with E-state index in [0.29, 0.717) is 32.6 Å². The topological polar surface area (TPSA) is 59.7 Å². The first kappa shape index (κ1) is 22.4. The number of halogens is 1. The van der Waals surface area contributed by atoms with Crippen LogP contribution in [-0.4, -0.2) is 65.9 Å². The molecular weight excluding hydrogens is 431 g/mol. The molecule has 0 aliphatic carbocycles. The van der Waals surface area contributed by atoms with Gasteiger partial charge in [-0.3, -0.25) is 9.59 Å². The van der Waals surface area contributed by atoms with Crippen LogP contribution in [0.3, 0.4) is 0 Å².